The van der Waals surface area contributed by atoms with Crippen molar-refractivity contribution < 1.29 is 4.79 Å². The van der Waals surface area contributed by atoms with Crippen LogP contribution in [0.2, 0.25) is 0 Å². The molecule has 1 unspecified atom stereocenters. The van der Waals surface area contributed by atoms with E-state index in [1.165, 1.54) is 12.8 Å². The fraction of sp³-hybridized carbons (Fsp3) is 0.889. The van der Waals surface area contributed by atoms with Crippen molar-refractivity contribution in [1.82, 2.24) is 4.90 Å². The first-order valence-corrected chi connectivity index (χ1v) is 5.10. The molecule has 0 radical (unpaired) electrons. The van der Waals surface area contributed by atoms with E-state index in [9.17, 15) is 4.79 Å². The third-order valence-electron chi connectivity index (χ3n) is 3.21. The summed E-state index contributed by atoms with van der Waals surface area (Å²) in [5.74, 6) is 0.779. The van der Waals surface area contributed by atoms with Crippen LogP contribution in [0.5, 0.6) is 0 Å². The first-order chi connectivity index (χ1) is 6.74. The SMILES string of the molecule is CC1CCC(N2C(=O)C2N=[N+]=[N-])CC1. The van der Waals surface area contributed by atoms with Crippen LogP contribution in [0.3, 0.4) is 0 Å². The Bertz CT molecular complexity index is 289. The van der Waals surface area contributed by atoms with Gasteiger partial charge in [0.05, 0.1) is 0 Å². The Labute approximate surface area is 82.7 Å². The Morgan fingerprint density at radius 3 is 2.64 bits per heavy atom. The molecule has 5 nitrogen and oxygen atoms in total. The van der Waals surface area contributed by atoms with Crippen molar-refractivity contribution in [2.24, 2.45) is 11.0 Å². The summed E-state index contributed by atoms with van der Waals surface area (Å²) < 4.78 is 0. The summed E-state index contributed by atoms with van der Waals surface area (Å²) in [7, 11) is 0. The molecule has 1 amide bonds. The van der Waals surface area contributed by atoms with Crippen LogP contribution in [0.4, 0.5) is 0 Å². The molecule has 1 heterocycles. The van der Waals surface area contributed by atoms with Gasteiger partial charge in [-0.1, -0.05) is 12.0 Å². The van der Waals surface area contributed by atoms with E-state index in [1.54, 1.807) is 4.90 Å². The predicted octanol–water partition coefficient (Wildman–Crippen LogP) is 2.04. The molecule has 0 aromatic heterocycles. The first kappa shape index (κ1) is 9.34. The smallest absolute Gasteiger partial charge is 0.252 e. The van der Waals surface area contributed by atoms with E-state index in [1.807, 2.05) is 0 Å². The van der Waals surface area contributed by atoms with Gasteiger partial charge in [-0.3, -0.25) is 4.79 Å². The van der Waals surface area contributed by atoms with Crippen LogP contribution in [-0.4, -0.2) is 23.0 Å². The number of carbonyl (C=O) groups is 1. The number of rotatable bonds is 2. The van der Waals surface area contributed by atoms with Crippen molar-refractivity contribution >= 4 is 5.91 Å². The predicted molar refractivity (Wildman–Crippen MR) is 51.2 cm³/mol. The van der Waals surface area contributed by atoms with Gasteiger partial charge >= 0.3 is 0 Å². The molecule has 1 atom stereocenters. The van der Waals surface area contributed by atoms with Crippen LogP contribution < -0.4 is 0 Å². The Morgan fingerprint density at radius 1 is 1.43 bits per heavy atom. The van der Waals surface area contributed by atoms with Crippen molar-refractivity contribution in [3.63, 3.8) is 0 Å². The Morgan fingerprint density at radius 2 is 2.07 bits per heavy atom. The molecule has 0 N–H and O–H groups in total. The quantitative estimate of drug-likeness (QED) is 0.287. The molecule has 2 aliphatic rings. The minimum atomic E-state index is -0.488. The van der Waals surface area contributed by atoms with Gasteiger partial charge in [-0.25, -0.2) is 0 Å². The molecule has 0 aromatic carbocycles. The van der Waals surface area contributed by atoms with Gasteiger partial charge in [0.2, 0.25) is 0 Å². The van der Waals surface area contributed by atoms with E-state index in [0.717, 1.165) is 18.8 Å². The van der Waals surface area contributed by atoms with Crippen molar-refractivity contribution in [3.8, 4) is 0 Å². The second-order valence-electron chi connectivity index (χ2n) is 4.24. The van der Waals surface area contributed by atoms with E-state index >= 15 is 0 Å². The minimum absolute atomic E-state index is 0.00218. The normalized spacial score (nSPS) is 36.5. The van der Waals surface area contributed by atoms with Gasteiger partial charge in [0.25, 0.3) is 5.91 Å². The zero-order valence-electron chi connectivity index (χ0n) is 8.26. The Kier molecular flexibility index (Phi) is 2.33. The molecule has 0 aromatic rings. The second kappa shape index (κ2) is 3.50. The molecule has 2 fully saturated rings. The van der Waals surface area contributed by atoms with Gasteiger partial charge in [0, 0.05) is 11.0 Å². The number of azide groups is 1. The van der Waals surface area contributed by atoms with E-state index < -0.39 is 6.17 Å². The van der Waals surface area contributed by atoms with Crippen molar-refractivity contribution in [2.75, 3.05) is 0 Å². The van der Waals surface area contributed by atoms with Crippen LogP contribution >= 0.6 is 0 Å². The molecule has 1 saturated heterocycles. The molecule has 1 aliphatic carbocycles. The Hall–Kier alpha value is -1.22. The van der Waals surface area contributed by atoms with Crippen molar-refractivity contribution in [2.45, 2.75) is 44.8 Å². The number of hydrogen-bond donors (Lipinski definition) is 0. The van der Waals surface area contributed by atoms with Gasteiger partial charge < -0.3 is 4.90 Å². The lowest BCUT2D eigenvalue weighted by Crippen LogP contribution is -2.26. The lowest BCUT2D eigenvalue weighted by atomic mass is 9.87. The van der Waals surface area contributed by atoms with E-state index in [2.05, 4.69) is 16.9 Å². The fourth-order valence-electron chi connectivity index (χ4n) is 2.23. The van der Waals surface area contributed by atoms with Gasteiger partial charge in [0.15, 0.2) is 6.17 Å². The van der Waals surface area contributed by atoms with Crippen LogP contribution in [0, 0.1) is 5.92 Å². The maximum atomic E-state index is 11.2. The topological polar surface area (TPSA) is 68.8 Å². The monoisotopic (exact) mass is 194 g/mol. The van der Waals surface area contributed by atoms with E-state index in [4.69, 9.17) is 5.53 Å². The summed E-state index contributed by atoms with van der Waals surface area (Å²) in [6.45, 7) is 2.24. The minimum Gasteiger partial charge on any atom is -0.320 e. The number of carbonyl (C=O) groups excluding carboxylic acids is 1. The number of hydrogen-bond acceptors (Lipinski definition) is 2. The highest BCUT2D eigenvalue weighted by atomic mass is 16.2. The molecular formula is C9H14N4O. The molecule has 1 aliphatic heterocycles. The third-order valence-corrected chi connectivity index (χ3v) is 3.21. The largest absolute Gasteiger partial charge is 0.320 e. The van der Waals surface area contributed by atoms with Gasteiger partial charge in [-0.05, 0) is 37.1 Å². The molecular weight excluding hydrogens is 180 g/mol. The summed E-state index contributed by atoms with van der Waals surface area (Å²) in [6.07, 6.45) is 3.99. The van der Waals surface area contributed by atoms with Gasteiger partial charge in [-0.2, -0.15) is 0 Å². The Balaban J connectivity index is 1.92. The van der Waals surface area contributed by atoms with Crippen LogP contribution in [0.15, 0.2) is 5.11 Å². The average Bonchev–Trinajstić information content (AvgIpc) is 2.79. The van der Waals surface area contributed by atoms with Gasteiger partial charge in [-0.15, -0.1) is 0 Å². The lowest BCUT2D eigenvalue weighted by Gasteiger charge is -2.26. The number of amides is 1. The van der Waals surface area contributed by atoms with Crippen LogP contribution in [0.1, 0.15) is 32.6 Å². The molecule has 5 heteroatoms. The summed E-state index contributed by atoms with van der Waals surface area (Å²) >= 11 is 0. The summed E-state index contributed by atoms with van der Waals surface area (Å²) in [5.41, 5.74) is 8.23. The van der Waals surface area contributed by atoms with Crippen molar-refractivity contribution in [3.05, 3.63) is 10.4 Å². The highest BCUT2D eigenvalue weighted by Crippen LogP contribution is 2.34. The average molecular weight is 194 g/mol. The van der Waals surface area contributed by atoms with E-state index in [-0.39, 0.29) is 5.91 Å². The molecule has 2 rings (SSSR count). The highest BCUT2D eigenvalue weighted by Gasteiger charge is 2.49. The number of nitrogens with zero attached hydrogens (tertiary/aromatic N) is 4. The van der Waals surface area contributed by atoms with Gasteiger partial charge in [0.1, 0.15) is 0 Å². The highest BCUT2D eigenvalue weighted by molar-refractivity contribution is 5.96. The summed E-state index contributed by atoms with van der Waals surface area (Å²) in [6, 6.07) is 0.328. The maximum absolute atomic E-state index is 11.2. The molecule has 0 spiro atoms. The molecule has 0 bridgehead atoms. The second-order valence-corrected chi connectivity index (χ2v) is 4.24. The van der Waals surface area contributed by atoms with Crippen LogP contribution in [-0.2, 0) is 4.79 Å². The molecule has 76 valence electrons. The summed E-state index contributed by atoms with van der Waals surface area (Å²) in [4.78, 5) is 15.6. The molecule has 14 heavy (non-hydrogen) atoms. The molecule has 1 saturated carbocycles. The lowest BCUT2D eigenvalue weighted by molar-refractivity contribution is -0.114. The maximum Gasteiger partial charge on any atom is 0.252 e. The zero-order chi connectivity index (χ0) is 10.1. The third kappa shape index (κ3) is 1.55. The zero-order valence-corrected chi connectivity index (χ0v) is 8.26. The van der Waals surface area contributed by atoms with Crippen molar-refractivity contribution in [1.29, 1.82) is 0 Å². The first-order valence-electron chi connectivity index (χ1n) is 5.10. The standard InChI is InChI=1S/C9H14N4O/c1-6-2-4-7(5-3-6)13-8(9(13)14)11-12-10/h6-8H,2-5H2,1H3. The fourth-order valence-corrected chi connectivity index (χ4v) is 2.23. The van der Waals surface area contributed by atoms with Crippen LogP contribution in [0.25, 0.3) is 10.4 Å². The summed E-state index contributed by atoms with van der Waals surface area (Å²) in [5, 5.41) is 3.45. The van der Waals surface area contributed by atoms with E-state index in [0.29, 0.717) is 6.04 Å².